The van der Waals surface area contributed by atoms with Crippen molar-refractivity contribution in [2.45, 2.75) is 31.6 Å². The van der Waals surface area contributed by atoms with Gasteiger partial charge in [-0.3, -0.25) is 0 Å². The molecule has 13 rings (SSSR count). The first-order valence-electron chi connectivity index (χ1n) is 22.5. The van der Waals surface area contributed by atoms with E-state index >= 15 is 0 Å². The summed E-state index contributed by atoms with van der Waals surface area (Å²) in [5.41, 5.74) is 17.5. The summed E-state index contributed by atoms with van der Waals surface area (Å²) in [4.78, 5) is 2.49. The second-order valence-electron chi connectivity index (χ2n) is 18.1. The smallest absolute Gasteiger partial charge is 0.0542 e. The summed E-state index contributed by atoms with van der Waals surface area (Å²) in [6, 6.07) is 74.0. The third-order valence-electron chi connectivity index (χ3n) is 14.2. The largest absolute Gasteiger partial charge is 0.310 e. The molecule has 0 spiro atoms. The average molecular weight is 820 g/mol. The third kappa shape index (κ3) is 5.47. The van der Waals surface area contributed by atoms with Crippen LogP contribution in [0.1, 0.15) is 42.9 Å². The molecule has 0 amide bonds. The van der Waals surface area contributed by atoms with Gasteiger partial charge in [0.1, 0.15) is 0 Å². The lowest BCUT2D eigenvalue weighted by atomic mass is 9.82. The standard InChI is InChI=1S/C61H45N3/c1-61(2)54-23-11-8-20-48(54)49-34-32-46(39-55(49)61)62(56-26-14-16-41-15-6-7-19-47(41)56)44-30-27-40(28-31-44)42-29-35-59-52(37-42)50-21-9-13-25-58(50)64(59)45-33-36-60-53(38-45)51-22-10-12-24-57(51)63(60)43-17-4-3-5-18-43/h3-27,29-40H,28H2,1-2H3. The molecule has 0 saturated heterocycles. The van der Waals surface area contributed by atoms with Crippen molar-refractivity contribution in [3.63, 3.8) is 0 Å². The van der Waals surface area contributed by atoms with E-state index < -0.39 is 0 Å². The Morgan fingerprint density at radius 1 is 0.469 bits per heavy atom. The first-order valence-corrected chi connectivity index (χ1v) is 22.5. The topological polar surface area (TPSA) is 13.1 Å². The van der Waals surface area contributed by atoms with Crippen molar-refractivity contribution >= 4 is 65.8 Å². The predicted molar refractivity (Wildman–Crippen MR) is 270 cm³/mol. The van der Waals surface area contributed by atoms with Gasteiger partial charge in [-0.25, -0.2) is 0 Å². The van der Waals surface area contributed by atoms with Crippen LogP contribution in [0.5, 0.6) is 0 Å². The van der Waals surface area contributed by atoms with Crippen LogP contribution in [-0.2, 0) is 5.41 Å². The van der Waals surface area contributed by atoms with Crippen molar-refractivity contribution in [3.05, 3.63) is 241 Å². The molecular weight excluding hydrogens is 775 g/mol. The van der Waals surface area contributed by atoms with Gasteiger partial charge in [0.05, 0.1) is 27.8 Å². The van der Waals surface area contributed by atoms with Crippen LogP contribution >= 0.6 is 0 Å². The molecule has 1 unspecified atom stereocenters. The van der Waals surface area contributed by atoms with Crippen molar-refractivity contribution in [2.24, 2.45) is 0 Å². The Hall–Kier alpha value is -7.88. The minimum absolute atomic E-state index is 0.0917. The molecule has 11 aromatic rings. The minimum Gasteiger partial charge on any atom is -0.310 e. The van der Waals surface area contributed by atoms with Crippen molar-refractivity contribution in [2.75, 3.05) is 4.90 Å². The summed E-state index contributed by atoms with van der Waals surface area (Å²) in [5.74, 6) is 0.249. The average Bonchev–Trinajstić information content (AvgIpc) is 3.94. The Labute approximate surface area is 373 Å². The van der Waals surface area contributed by atoms with Crippen LogP contribution in [-0.4, -0.2) is 9.13 Å². The van der Waals surface area contributed by atoms with Gasteiger partial charge in [0.2, 0.25) is 0 Å². The van der Waals surface area contributed by atoms with E-state index in [1.165, 1.54) is 111 Å². The van der Waals surface area contributed by atoms with E-state index in [-0.39, 0.29) is 11.3 Å². The number of hydrogen-bond acceptors (Lipinski definition) is 1. The molecule has 1 atom stereocenters. The van der Waals surface area contributed by atoms with Crippen LogP contribution in [0.25, 0.3) is 76.9 Å². The number of nitrogens with zero attached hydrogens (tertiary/aromatic N) is 3. The number of anilines is 2. The van der Waals surface area contributed by atoms with Crippen molar-refractivity contribution in [1.82, 2.24) is 9.13 Å². The molecule has 2 heterocycles. The molecule has 0 N–H and O–H groups in total. The Balaban J connectivity index is 0.891. The lowest BCUT2D eigenvalue weighted by Crippen LogP contribution is -2.19. The van der Waals surface area contributed by atoms with Crippen molar-refractivity contribution in [1.29, 1.82) is 0 Å². The molecule has 0 aliphatic heterocycles. The van der Waals surface area contributed by atoms with Gasteiger partial charge in [-0.05, 0) is 118 Å². The number of allylic oxidation sites excluding steroid dienone is 3. The molecule has 0 fully saturated rings. The first-order chi connectivity index (χ1) is 31.5. The Morgan fingerprint density at radius 3 is 1.88 bits per heavy atom. The first kappa shape index (κ1) is 36.7. The zero-order chi connectivity index (χ0) is 42.5. The van der Waals surface area contributed by atoms with E-state index in [0.717, 1.165) is 6.42 Å². The minimum atomic E-state index is -0.0917. The van der Waals surface area contributed by atoms with E-state index in [9.17, 15) is 0 Å². The van der Waals surface area contributed by atoms with Crippen LogP contribution in [0.4, 0.5) is 11.4 Å². The molecule has 3 heteroatoms. The highest BCUT2D eigenvalue weighted by atomic mass is 15.1. The Kier molecular flexibility index (Phi) is 8.08. The highest BCUT2D eigenvalue weighted by Crippen LogP contribution is 2.51. The van der Waals surface area contributed by atoms with Gasteiger partial charge in [0.25, 0.3) is 0 Å². The van der Waals surface area contributed by atoms with E-state index in [0.29, 0.717) is 0 Å². The molecular formula is C61H45N3. The molecule has 2 aliphatic carbocycles. The lowest BCUT2D eigenvalue weighted by molar-refractivity contribution is 0.660. The lowest BCUT2D eigenvalue weighted by Gasteiger charge is -2.31. The van der Waals surface area contributed by atoms with Gasteiger partial charge >= 0.3 is 0 Å². The summed E-state index contributed by atoms with van der Waals surface area (Å²) in [7, 11) is 0. The van der Waals surface area contributed by atoms with Gasteiger partial charge in [-0.15, -0.1) is 0 Å². The molecule has 3 nitrogen and oxygen atoms in total. The molecule has 2 aliphatic rings. The quantitative estimate of drug-likeness (QED) is 0.163. The number of fused-ring (bicyclic) bond motifs is 10. The molecule has 0 saturated carbocycles. The van der Waals surface area contributed by atoms with Crippen molar-refractivity contribution < 1.29 is 0 Å². The summed E-state index contributed by atoms with van der Waals surface area (Å²) in [5, 5.41) is 7.54. The molecule has 0 radical (unpaired) electrons. The Morgan fingerprint density at radius 2 is 1.09 bits per heavy atom. The zero-order valence-electron chi connectivity index (χ0n) is 35.9. The second kappa shape index (κ2) is 14.1. The summed E-state index contributed by atoms with van der Waals surface area (Å²) >= 11 is 0. The molecule has 304 valence electrons. The molecule has 2 aromatic heterocycles. The van der Waals surface area contributed by atoms with Gasteiger partial charge < -0.3 is 14.0 Å². The van der Waals surface area contributed by atoms with Crippen LogP contribution in [0.15, 0.2) is 224 Å². The highest BCUT2D eigenvalue weighted by molar-refractivity contribution is 6.12. The molecule has 64 heavy (non-hydrogen) atoms. The van der Waals surface area contributed by atoms with Gasteiger partial charge in [-0.1, -0.05) is 153 Å². The highest BCUT2D eigenvalue weighted by Gasteiger charge is 2.36. The van der Waals surface area contributed by atoms with Crippen molar-refractivity contribution in [3.8, 4) is 22.5 Å². The maximum absolute atomic E-state index is 2.49. The summed E-state index contributed by atoms with van der Waals surface area (Å²) in [6.07, 6.45) is 8.14. The summed E-state index contributed by atoms with van der Waals surface area (Å²) < 4.78 is 4.84. The van der Waals surface area contributed by atoms with Gasteiger partial charge in [0.15, 0.2) is 0 Å². The maximum Gasteiger partial charge on any atom is 0.0542 e. The van der Waals surface area contributed by atoms with E-state index in [1.54, 1.807) is 0 Å². The van der Waals surface area contributed by atoms with Crippen LogP contribution in [0.3, 0.4) is 0 Å². The van der Waals surface area contributed by atoms with Gasteiger partial charge in [0, 0.05) is 61.0 Å². The van der Waals surface area contributed by atoms with Gasteiger partial charge in [-0.2, -0.15) is 0 Å². The van der Waals surface area contributed by atoms with E-state index in [4.69, 9.17) is 0 Å². The number of para-hydroxylation sites is 3. The third-order valence-corrected chi connectivity index (χ3v) is 14.2. The number of benzene rings is 9. The molecule has 0 bridgehead atoms. The SMILES string of the molecule is CC1(C)c2ccccc2-c2ccc(N(C3=CCC(c4ccc5c(c4)c4ccccc4n5-c4ccc5c(c4)c4ccccc4n5-c4ccccc4)C=C3)c3cccc4ccccc34)cc21. The van der Waals surface area contributed by atoms with E-state index in [2.05, 4.69) is 246 Å². The van der Waals surface area contributed by atoms with Crippen LogP contribution in [0.2, 0.25) is 0 Å². The normalized spacial score (nSPS) is 15.3. The monoisotopic (exact) mass is 819 g/mol. The Bertz CT molecular complexity index is 3740. The second-order valence-corrected chi connectivity index (χ2v) is 18.1. The number of hydrogen-bond donors (Lipinski definition) is 0. The predicted octanol–water partition coefficient (Wildman–Crippen LogP) is 16.1. The molecule has 9 aromatic carbocycles. The maximum atomic E-state index is 2.49. The van der Waals surface area contributed by atoms with E-state index in [1.807, 2.05) is 0 Å². The number of aromatic nitrogens is 2. The fourth-order valence-corrected chi connectivity index (χ4v) is 11.1. The number of rotatable bonds is 6. The fraction of sp³-hybridized carbons (Fsp3) is 0.0820. The summed E-state index contributed by atoms with van der Waals surface area (Å²) in [6.45, 7) is 4.74. The van der Waals surface area contributed by atoms with Crippen LogP contribution in [0, 0.1) is 0 Å². The fourth-order valence-electron chi connectivity index (χ4n) is 11.1. The zero-order valence-corrected chi connectivity index (χ0v) is 35.9. The van der Waals surface area contributed by atoms with Crippen LogP contribution < -0.4 is 4.90 Å².